The molecule has 31 heavy (non-hydrogen) atoms. The van der Waals surface area contributed by atoms with Crippen molar-refractivity contribution in [2.75, 3.05) is 12.0 Å². The lowest BCUT2D eigenvalue weighted by atomic mass is 9.97. The Morgan fingerprint density at radius 1 is 1.06 bits per heavy atom. The number of methoxy groups -OCH3 is 1. The number of nitrogens with one attached hydrogen (secondary N) is 1. The average molecular weight is 418 g/mol. The molecule has 160 valence electrons. The Labute approximate surface area is 181 Å². The number of ether oxygens (including phenoxy) is 2. The third-order valence-electron chi connectivity index (χ3n) is 6.38. The van der Waals surface area contributed by atoms with Crippen LogP contribution >= 0.6 is 0 Å². The number of hydrogen-bond donors (Lipinski definition) is 1. The van der Waals surface area contributed by atoms with Crippen LogP contribution in [-0.2, 0) is 9.53 Å². The zero-order valence-corrected chi connectivity index (χ0v) is 17.9. The molecule has 0 spiro atoms. The van der Waals surface area contributed by atoms with Gasteiger partial charge in [0.2, 0.25) is 0 Å². The number of nitrogens with zero attached hydrogens (tertiary/aromatic N) is 2. The van der Waals surface area contributed by atoms with Gasteiger partial charge in [0.1, 0.15) is 5.75 Å². The number of fused-ring (bicyclic) bond motifs is 1. The summed E-state index contributed by atoms with van der Waals surface area (Å²) in [6.07, 6.45) is 8.02. The Morgan fingerprint density at radius 2 is 1.84 bits per heavy atom. The Bertz CT molecular complexity index is 1130. The summed E-state index contributed by atoms with van der Waals surface area (Å²) in [6.45, 7) is 1.96. The predicted octanol–water partition coefficient (Wildman–Crippen LogP) is 5.28. The quantitative estimate of drug-likeness (QED) is 0.613. The fraction of sp³-hybridized carbons (Fsp3) is 0.360. The van der Waals surface area contributed by atoms with Gasteiger partial charge in [-0.2, -0.15) is 0 Å². The Kier molecular flexibility index (Phi) is 5.14. The van der Waals surface area contributed by atoms with E-state index >= 15 is 0 Å². The third kappa shape index (κ3) is 3.56. The number of H-pyrrole nitrogens is 1. The first kappa shape index (κ1) is 19.7. The largest absolute Gasteiger partial charge is 0.491 e. The van der Waals surface area contributed by atoms with Gasteiger partial charge in [0, 0.05) is 11.3 Å². The molecule has 1 unspecified atom stereocenters. The highest BCUT2D eigenvalue weighted by Crippen LogP contribution is 2.42. The van der Waals surface area contributed by atoms with E-state index in [-0.39, 0.29) is 11.9 Å². The number of amides is 1. The van der Waals surface area contributed by atoms with E-state index in [1.54, 1.807) is 18.3 Å². The highest BCUT2D eigenvalue weighted by atomic mass is 16.5. The Morgan fingerprint density at radius 3 is 2.58 bits per heavy atom. The summed E-state index contributed by atoms with van der Waals surface area (Å²) in [6, 6.07) is 13.7. The van der Waals surface area contributed by atoms with Crippen LogP contribution in [0.2, 0.25) is 0 Å². The van der Waals surface area contributed by atoms with Gasteiger partial charge in [-0.15, -0.1) is 0 Å². The van der Waals surface area contributed by atoms with E-state index in [0.29, 0.717) is 11.9 Å². The van der Waals surface area contributed by atoms with Gasteiger partial charge >= 0.3 is 0 Å². The van der Waals surface area contributed by atoms with Crippen LogP contribution in [0.5, 0.6) is 5.75 Å². The second-order valence-electron chi connectivity index (χ2n) is 8.34. The number of carbonyl (C=O) groups excluding carboxylic acids is 1. The van der Waals surface area contributed by atoms with Crippen LogP contribution in [0.3, 0.4) is 0 Å². The lowest BCUT2D eigenvalue weighted by Crippen LogP contribution is -2.30. The molecule has 1 aliphatic heterocycles. The molecule has 1 N–H and O–H groups in total. The maximum absolute atomic E-state index is 13.2. The molecule has 1 amide bonds. The number of hydrogen-bond acceptors (Lipinski definition) is 4. The lowest BCUT2D eigenvalue weighted by molar-refractivity contribution is -0.117. The van der Waals surface area contributed by atoms with Crippen LogP contribution < -0.4 is 9.64 Å². The highest BCUT2D eigenvalue weighted by Gasteiger charge is 2.40. The van der Waals surface area contributed by atoms with Gasteiger partial charge in [-0.3, -0.25) is 9.69 Å². The third-order valence-corrected chi connectivity index (χ3v) is 6.38. The molecule has 2 heterocycles. The minimum absolute atomic E-state index is 0.133. The highest BCUT2D eigenvalue weighted by molar-refractivity contribution is 6.09. The van der Waals surface area contributed by atoms with Crippen molar-refractivity contribution in [3.8, 4) is 5.75 Å². The van der Waals surface area contributed by atoms with Crippen LogP contribution in [0.1, 0.15) is 50.6 Å². The molecule has 1 saturated carbocycles. The Balaban J connectivity index is 1.46. The van der Waals surface area contributed by atoms with E-state index in [1.807, 2.05) is 37.3 Å². The smallest absolute Gasteiger partial charge is 0.294 e. The fourth-order valence-corrected chi connectivity index (χ4v) is 4.80. The molecular weight excluding hydrogens is 390 g/mol. The van der Waals surface area contributed by atoms with Crippen molar-refractivity contribution in [1.82, 2.24) is 9.97 Å². The number of aromatic nitrogens is 2. The number of carbonyl (C=O) groups is 1. The first-order chi connectivity index (χ1) is 15.2. The SMILES string of the molecule is COC1=C(C)C(c2ccc(OC3CCCCC3)cc2)N(c2ccc3nc[nH]c3c2)C1=O. The zero-order valence-electron chi connectivity index (χ0n) is 17.9. The zero-order chi connectivity index (χ0) is 21.4. The molecule has 0 radical (unpaired) electrons. The number of aromatic amines is 1. The number of anilines is 1. The molecule has 2 aliphatic rings. The normalized spacial score (nSPS) is 20.0. The van der Waals surface area contributed by atoms with E-state index in [4.69, 9.17) is 9.47 Å². The van der Waals surface area contributed by atoms with Crippen molar-refractivity contribution < 1.29 is 14.3 Å². The lowest BCUT2D eigenvalue weighted by Gasteiger charge is -2.27. The van der Waals surface area contributed by atoms with Gasteiger partial charge in [-0.1, -0.05) is 18.6 Å². The van der Waals surface area contributed by atoms with Gasteiger partial charge in [0.25, 0.3) is 5.91 Å². The summed E-state index contributed by atoms with van der Waals surface area (Å²) in [5, 5.41) is 0. The van der Waals surface area contributed by atoms with Crippen molar-refractivity contribution in [1.29, 1.82) is 0 Å². The minimum Gasteiger partial charge on any atom is -0.491 e. The van der Waals surface area contributed by atoms with Gasteiger partial charge in [-0.05, 0) is 68.5 Å². The molecule has 6 nitrogen and oxygen atoms in total. The summed E-state index contributed by atoms with van der Waals surface area (Å²) < 4.78 is 11.7. The number of benzene rings is 2. The van der Waals surface area contributed by atoms with Crippen molar-refractivity contribution in [2.45, 2.75) is 51.2 Å². The van der Waals surface area contributed by atoms with Crippen LogP contribution in [0.15, 0.2) is 60.1 Å². The molecule has 1 fully saturated rings. The minimum atomic E-state index is -0.230. The second kappa shape index (κ2) is 8.10. The maximum Gasteiger partial charge on any atom is 0.294 e. The van der Waals surface area contributed by atoms with E-state index in [2.05, 4.69) is 22.1 Å². The van der Waals surface area contributed by atoms with Crippen LogP contribution in [0.4, 0.5) is 5.69 Å². The van der Waals surface area contributed by atoms with Gasteiger partial charge in [-0.25, -0.2) is 4.98 Å². The predicted molar refractivity (Wildman–Crippen MR) is 120 cm³/mol. The molecule has 1 aliphatic carbocycles. The molecule has 0 bridgehead atoms. The summed E-state index contributed by atoms with van der Waals surface area (Å²) >= 11 is 0. The van der Waals surface area contributed by atoms with E-state index < -0.39 is 0 Å². The van der Waals surface area contributed by atoms with Gasteiger partial charge in [0.05, 0.1) is 36.6 Å². The second-order valence-corrected chi connectivity index (χ2v) is 8.34. The summed E-state index contributed by atoms with van der Waals surface area (Å²) in [4.78, 5) is 22.4. The van der Waals surface area contributed by atoms with E-state index in [9.17, 15) is 4.79 Å². The summed E-state index contributed by atoms with van der Waals surface area (Å²) in [5.74, 6) is 1.16. The van der Waals surface area contributed by atoms with Crippen molar-refractivity contribution in [3.63, 3.8) is 0 Å². The van der Waals surface area contributed by atoms with Crippen LogP contribution in [-0.4, -0.2) is 29.1 Å². The van der Waals surface area contributed by atoms with E-state index in [0.717, 1.165) is 46.4 Å². The standard InChI is InChI=1S/C25H27N3O3/c1-16-23(17-8-11-20(12-9-17)31-19-6-4-3-5-7-19)28(25(29)24(16)30-2)18-10-13-21-22(14-18)27-15-26-21/h8-15,19,23H,3-7H2,1-2H3,(H,26,27). The molecule has 6 heteroatoms. The monoisotopic (exact) mass is 417 g/mol. The fourth-order valence-electron chi connectivity index (χ4n) is 4.80. The van der Waals surface area contributed by atoms with Crippen LogP contribution in [0, 0.1) is 0 Å². The van der Waals surface area contributed by atoms with Gasteiger partial charge < -0.3 is 14.5 Å². The number of rotatable bonds is 5. The van der Waals surface area contributed by atoms with Crippen molar-refractivity contribution in [3.05, 3.63) is 65.7 Å². The molecular formula is C25H27N3O3. The van der Waals surface area contributed by atoms with Crippen molar-refractivity contribution in [2.24, 2.45) is 0 Å². The topological polar surface area (TPSA) is 67.5 Å². The Hall–Kier alpha value is -3.28. The van der Waals surface area contributed by atoms with Crippen molar-refractivity contribution >= 4 is 22.6 Å². The maximum atomic E-state index is 13.2. The molecule has 1 atom stereocenters. The summed E-state index contributed by atoms with van der Waals surface area (Å²) in [5.41, 5.74) is 4.49. The van der Waals surface area contributed by atoms with Crippen LogP contribution in [0.25, 0.3) is 11.0 Å². The molecule has 1 aromatic heterocycles. The summed E-state index contributed by atoms with van der Waals surface area (Å²) in [7, 11) is 1.55. The average Bonchev–Trinajstić information content (AvgIpc) is 3.36. The molecule has 2 aromatic carbocycles. The molecule has 5 rings (SSSR count). The molecule has 3 aromatic rings. The first-order valence-corrected chi connectivity index (χ1v) is 10.9. The van der Waals surface area contributed by atoms with Gasteiger partial charge in [0.15, 0.2) is 5.76 Å². The first-order valence-electron chi connectivity index (χ1n) is 10.9. The molecule has 0 saturated heterocycles. The van der Waals surface area contributed by atoms with E-state index in [1.165, 1.54) is 19.3 Å². The number of imidazole rings is 1.